The average Bonchev–Trinajstić information content (AvgIpc) is 2.70. The van der Waals surface area contributed by atoms with Gasteiger partial charge in [0, 0.05) is 20.1 Å². The summed E-state index contributed by atoms with van der Waals surface area (Å²) in [7, 11) is 1.86. The van der Waals surface area contributed by atoms with Gasteiger partial charge in [0.15, 0.2) is 0 Å². The molecule has 13 heavy (non-hydrogen) atoms. The lowest BCUT2D eigenvalue weighted by atomic mass is 10.1. The number of hydrogen-bond donors (Lipinski definition) is 0. The number of fused-ring (bicyclic) bond motifs is 1. The van der Waals surface area contributed by atoms with E-state index in [1.165, 1.54) is 0 Å². The van der Waals surface area contributed by atoms with Gasteiger partial charge in [0.2, 0.25) is 6.41 Å². The van der Waals surface area contributed by atoms with E-state index in [9.17, 15) is 4.79 Å². The molecule has 1 amide bonds. The highest BCUT2D eigenvalue weighted by Crippen LogP contribution is 2.41. The lowest BCUT2D eigenvalue weighted by Gasteiger charge is -2.24. The fraction of sp³-hybridized carbons (Fsp3) is 0.889. The van der Waals surface area contributed by atoms with Crippen LogP contribution in [0.15, 0.2) is 0 Å². The van der Waals surface area contributed by atoms with Gasteiger partial charge in [-0.05, 0) is 6.42 Å². The molecule has 3 fully saturated rings. The summed E-state index contributed by atoms with van der Waals surface area (Å²) in [5, 5.41) is 0. The number of carbonyl (C=O) groups excluding carboxylic acids is 1. The Bertz CT molecular complexity index is 232. The fourth-order valence-corrected chi connectivity index (χ4v) is 3.13. The van der Waals surface area contributed by atoms with Crippen molar-refractivity contribution < 1.29 is 9.53 Å². The van der Waals surface area contributed by atoms with Crippen LogP contribution >= 0.6 is 0 Å². The number of nitrogens with zero attached hydrogens (tertiary/aromatic N) is 2. The number of morpholine rings is 1. The molecule has 0 aliphatic carbocycles. The number of rotatable bonds is 2. The number of ether oxygens (including phenoxy) is 1. The summed E-state index contributed by atoms with van der Waals surface area (Å²) in [5.74, 6) is 0. The van der Waals surface area contributed by atoms with Gasteiger partial charge < -0.3 is 9.64 Å². The number of amides is 1. The van der Waals surface area contributed by atoms with Crippen LogP contribution in [-0.2, 0) is 9.53 Å². The maximum Gasteiger partial charge on any atom is 0.209 e. The zero-order valence-corrected chi connectivity index (χ0v) is 7.72. The van der Waals surface area contributed by atoms with Crippen LogP contribution in [0, 0.1) is 0 Å². The Morgan fingerprint density at radius 3 is 3.08 bits per heavy atom. The molecule has 0 unspecified atom stereocenters. The van der Waals surface area contributed by atoms with Gasteiger partial charge >= 0.3 is 0 Å². The molecule has 4 heteroatoms. The third-order valence-electron chi connectivity index (χ3n) is 3.63. The van der Waals surface area contributed by atoms with Crippen molar-refractivity contribution >= 4 is 6.41 Å². The van der Waals surface area contributed by atoms with Crippen molar-refractivity contribution in [2.45, 2.75) is 30.7 Å². The Balaban J connectivity index is 1.89. The fourth-order valence-electron chi connectivity index (χ4n) is 3.13. The normalized spacial score (nSPS) is 47.2. The molecule has 3 saturated heterocycles. The van der Waals surface area contributed by atoms with Gasteiger partial charge in [-0.3, -0.25) is 9.69 Å². The van der Waals surface area contributed by atoms with E-state index in [0.29, 0.717) is 18.2 Å². The minimum absolute atomic E-state index is 0.271. The quantitative estimate of drug-likeness (QED) is 0.529. The molecule has 0 aromatic carbocycles. The maximum atomic E-state index is 10.7. The van der Waals surface area contributed by atoms with Crippen molar-refractivity contribution in [1.29, 1.82) is 0 Å². The third kappa shape index (κ3) is 0.849. The lowest BCUT2D eigenvalue weighted by molar-refractivity contribution is -0.119. The second-order valence-electron chi connectivity index (χ2n) is 4.25. The van der Waals surface area contributed by atoms with Crippen LogP contribution in [0.1, 0.15) is 6.42 Å². The number of carbonyl (C=O) groups is 1. The Kier molecular flexibility index (Phi) is 1.46. The Hall–Kier alpha value is -0.610. The van der Waals surface area contributed by atoms with Crippen molar-refractivity contribution in [3.63, 3.8) is 0 Å². The van der Waals surface area contributed by atoms with Gasteiger partial charge in [0.1, 0.15) is 0 Å². The van der Waals surface area contributed by atoms with E-state index in [0.717, 1.165) is 25.9 Å². The molecule has 0 radical (unpaired) electrons. The van der Waals surface area contributed by atoms with Crippen molar-refractivity contribution in [2.24, 2.45) is 0 Å². The summed E-state index contributed by atoms with van der Waals surface area (Å²) in [6.07, 6.45) is 2.73. The SMILES string of the molecule is CN(C=O)[C@@H]1[C@H]2[C@@H]3CCN2C[C@@H]1O3. The van der Waals surface area contributed by atoms with Crippen LogP contribution < -0.4 is 0 Å². The van der Waals surface area contributed by atoms with Gasteiger partial charge in [0.05, 0.1) is 24.3 Å². The highest BCUT2D eigenvalue weighted by Gasteiger charge is 2.58. The van der Waals surface area contributed by atoms with Crippen molar-refractivity contribution in [3.05, 3.63) is 0 Å². The lowest BCUT2D eigenvalue weighted by Crippen LogP contribution is -2.42. The monoisotopic (exact) mass is 182 g/mol. The van der Waals surface area contributed by atoms with E-state index < -0.39 is 0 Å². The second kappa shape index (κ2) is 2.45. The minimum atomic E-state index is 0.271. The van der Waals surface area contributed by atoms with Crippen LogP contribution in [-0.4, -0.2) is 60.6 Å². The smallest absolute Gasteiger partial charge is 0.209 e. The van der Waals surface area contributed by atoms with Crippen molar-refractivity contribution in [3.8, 4) is 0 Å². The molecule has 2 bridgehead atoms. The molecule has 0 spiro atoms. The molecule has 4 atom stereocenters. The largest absolute Gasteiger partial charge is 0.370 e. The Morgan fingerprint density at radius 2 is 2.38 bits per heavy atom. The van der Waals surface area contributed by atoms with Crippen LogP contribution in [0.3, 0.4) is 0 Å². The van der Waals surface area contributed by atoms with Crippen molar-refractivity contribution in [2.75, 3.05) is 20.1 Å². The Morgan fingerprint density at radius 1 is 1.54 bits per heavy atom. The molecule has 3 heterocycles. The van der Waals surface area contributed by atoms with Crippen LogP contribution in [0.25, 0.3) is 0 Å². The van der Waals surface area contributed by atoms with Gasteiger partial charge in [0.25, 0.3) is 0 Å². The zero-order chi connectivity index (χ0) is 9.00. The van der Waals surface area contributed by atoms with Gasteiger partial charge in [-0.1, -0.05) is 0 Å². The predicted molar refractivity (Wildman–Crippen MR) is 46.3 cm³/mol. The van der Waals surface area contributed by atoms with E-state index in [-0.39, 0.29) is 6.10 Å². The summed E-state index contributed by atoms with van der Waals surface area (Å²) in [4.78, 5) is 14.9. The molecule has 0 aromatic heterocycles. The first-order valence-corrected chi connectivity index (χ1v) is 4.88. The topological polar surface area (TPSA) is 32.8 Å². The number of hydrogen-bond acceptors (Lipinski definition) is 3. The minimum Gasteiger partial charge on any atom is -0.370 e. The summed E-state index contributed by atoms with van der Waals surface area (Å²) in [6.45, 7) is 2.17. The number of likely N-dealkylation sites (N-methyl/N-ethyl adjacent to an activating group) is 1. The molecule has 3 aliphatic heterocycles. The molecule has 0 N–H and O–H groups in total. The predicted octanol–water partition coefficient (Wildman–Crippen LogP) is -0.701. The molecular formula is C9H14N2O2. The van der Waals surface area contributed by atoms with E-state index in [2.05, 4.69) is 4.90 Å². The van der Waals surface area contributed by atoms with E-state index in [1.807, 2.05) is 7.05 Å². The Labute approximate surface area is 77.4 Å². The van der Waals surface area contributed by atoms with E-state index in [4.69, 9.17) is 4.74 Å². The summed E-state index contributed by atoms with van der Waals surface area (Å²) < 4.78 is 5.84. The van der Waals surface area contributed by atoms with Crippen molar-refractivity contribution in [1.82, 2.24) is 9.80 Å². The first-order valence-electron chi connectivity index (χ1n) is 4.88. The zero-order valence-electron chi connectivity index (χ0n) is 7.72. The molecule has 0 aromatic rings. The second-order valence-corrected chi connectivity index (χ2v) is 4.25. The third-order valence-corrected chi connectivity index (χ3v) is 3.63. The average molecular weight is 182 g/mol. The molecule has 3 aliphatic rings. The molecular weight excluding hydrogens is 168 g/mol. The first kappa shape index (κ1) is 7.76. The van der Waals surface area contributed by atoms with E-state index >= 15 is 0 Å². The van der Waals surface area contributed by atoms with Gasteiger partial charge in [-0.2, -0.15) is 0 Å². The van der Waals surface area contributed by atoms with E-state index in [1.54, 1.807) is 4.90 Å². The summed E-state index contributed by atoms with van der Waals surface area (Å²) >= 11 is 0. The van der Waals surface area contributed by atoms with Gasteiger partial charge in [-0.25, -0.2) is 0 Å². The summed E-state index contributed by atoms with van der Waals surface area (Å²) in [5.41, 5.74) is 0. The maximum absolute atomic E-state index is 10.7. The van der Waals surface area contributed by atoms with Crippen LogP contribution in [0.4, 0.5) is 0 Å². The first-order chi connectivity index (χ1) is 6.31. The standard InChI is InChI=1S/C9H14N2O2/c1-10(5-12)8-7-4-11-3-2-6(13-7)9(8)11/h5-9H,2-4H2,1H3/t6-,7-,8-,9+/m0/s1. The highest BCUT2D eigenvalue weighted by molar-refractivity contribution is 5.48. The molecule has 3 rings (SSSR count). The van der Waals surface area contributed by atoms with Crippen LogP contribution in [0.5, 0.6) is 0 Å². The van der Waals surface area contributed by atoms with Crippen LogP contribution in [0.2, 0.25) is 0 Å². The highest BCUT2D eigenvalue weighted by atomic mass is 16.5. The molecule has 72 valence electrons. The molecule has 4 nitrogen and oxygen atoms in total. The molecule has 0 saturated carbocycles. The van der Waals surface area contributed by atoms with Gasteiger partial charge in [-0.15, -0.1) is 0 Å². The summed E-state index contributed by atoms with van der Waals surface area (Å²) in [6, 6.07) is 0.796.